The summed E-state index contributed by atoms with van der Waals surface area (Å²) < 4.78 is 0. The van der Waals surface area contributed by atoms with E-state index in [4.69, 9.17) is 5.73 Å². The summed E-state index contributed by atoms with van der Waals surface area (Å²) in [5.41, 5.74) is 9.22. The number of hydrogen-bond donors (Lipinski definition) is 4. The molecule has 1 aromatic heterocycles. The zero-order valence-corrected chi connectivity index (χ0v) is 15.7. The lowest BCUT2D eigenvalue weighted by atomic mass is 10.1. The fourth-order valence-corrected chi connectivity index (χ4v) is 2.64. The van der Waals surface area contributed by atoms with Gasteiger partial charge in [0.25, 0.3) is 0 Å². The zero-order chi connectivity index (χ0) is 17.7. The number of benzene rings is 1. The third-order valence-corrected chi connectivity index (χ3v) is 4.16. The van der Waals surface area contributed by atoms with E-state index in [9.17, 15) is 9.59 Å². The molecule has 1 heterocycles. The first-order valence-corrected chi connectivity index (χ1v) is 8.25. The largest absolute Gasteiger partial charge is 0.361 e. The van der Waals surface area contributed by atoms with Crippen LogP contribution in [0.4, 0.5) is 0 Å². The molecule has 0 aliphatic heterocycles. The smallest absolute Gasteiger partial charge is 0.239 e. The summed E-state index contributed by atoms with van der Waals surface area (Å²) >= 11 is 0. The maximum atomic E-state index is 11.8. The van der Waals surface area contributed by atoms with Gasteiger partial charge in [0, 0.05) is 23.6 Å². The summed E-state index contributed by atoms with van der Waals surface area (Å²) in [7, 11) is 0. The number of H-pyrrole nitrogens is 1. The van der Waals surface area contributed by atoms with Gasteiger partial charge < -0.3 is 21.4 Å². The van der Waals surface area contributed by atoms with Gasteiger partial charge in [0.1, 0.15) is 0 Å². The molecule has 138 valence electrons. The fourth-order valence-electron chi connectivity index (χ4n) is 2.64. The molecule has 0 fully saturated rings. The highest BCUT2D eigenvalue weighted by Crippen LogP contribution is 2.22. The third-order valence-electron chi connectivity index (χ3n) is 4.16. The Morgan fingerprint density at radius 2 is 1.96 bits per heavy atom. The van der Waals surface area contributed by atoms with Crippen LogP contribution in [0.1, 0.15) is 25.0 Å². The summed E-state index contributed by atoms with van der Waals surface area (Å²) in [6, 6.07) is 5.54. The van der Waals surface area contributed by atoms with Crippen molar-refractivity contribution in [3.63, 3.8) is 0 Å². The monoisotopic (exact) mass is 366 g/mol. The SMILES string of the molecule is Cc1cccc2[nH]cc(CCNC(=O)CNC(=O)[C@@H](N)C(C)C)c12.Cl. The van der Waals surface area contributed by atoms with Crippen molar-refractivity contribution in [2.75, 3.05) is 13.1 Å². The van der Waals surface area contributed by atoms with Gasteiger partial charge in [-0.1, -0.05) is 26.0 Å². The van der Waals surface area contributed by atoms with Crippen molar-refractivity contribution in [1.82, 2.24) is 15.6 Å². The summed E-state index contributed by atoms with van der Waals surface area (Å²) in [6.07, 6.45) is 2.71. The van der Waals surface area contributed by atoms with Crippen LogP contribution in [0.15, 0.2) is 24.4 Å². The van der Waals surface area contributed by atoms with Crippen LogP contribution in [0.2, 0.25) is 0 Å². The molecular formula is C18H27ClN4O2. The lowest BCUT2D eigenvalue weighted by Gasteiger charge is -2.15. The van der Waals surface area contributed by atoms with Gasteiger partial charge in [0.2, 0.25) is 11.8 Å². The van der Waals surface area contributed by atoms with Crippen LogP contribution in [0.5, 0.6) is 0 Å². The summed E-state index contributed by atoms with van der Waals surface area (Å²) in [5, 5.41) is 6.60. The first-order valence-electron chi connectivity index (χ1n) is 8.25. The van der Waals surface area contributed by atoms with Gasteiger partial charge in [-0.25, -0.2) is 0 Å². The molecule has 0 saturated carbocycles. The molecule has 6 nitrogen and oxygen atoms in total. The highest BCUT2D eigenvalue weighted by Gasteiger charge is 2.17. The van der Waals surface area contributed by atoms with Crippen molar-refractivity contribution in [2.45, 2.75) is 33.2 Å². The highest BCUT2D eigenvalue weighted by molar-refractivity contribution is 5.88. The summed E-state index contributed by atoms with van der Waals surface area (Å²) in [5.74, 6) is -0.471. The molecule has 25 heavy (non-hydrogen) atoms. The van der Waals surface area contributed by atoms with Crippen LogP contribution < -0.4 is 16.4 Å². The number of nitrogens with two attached hydrogens (primary N) is 1. The lowest BCUT2D eigenvalue weighted by molar-refractivity contribution is -0.127. The number of fused-ring (bicyclic) bond motifs is 1. The fraction of sp³-hybridized carbons (Fsp3) is 0.444. The average Bonchev–Trinajstić information content (AvgIpc) is 2.96. The van der Waals surface area contributed by atoms with E-state index in [2.05, 4.69) is 28.6 Å². The van der Waals surface area contributed by atoms with E-state index >= 15 is 0 Å². The minimum Gasteiger partial charge on any atom is -0.361 e. The lowest BCUT2D eigenvalue weighted by Crippen LogP contribution is -2.47. The summed E-state index contributed by atoms with van der Waals surface area (Å²) in [6.45, 7) is 6.28. The molecule has 0 aliphatic rings. The van der Waals surface area contributed by atoms with Gasteiger partial charge in [-0.15, -0.1) is 12.4 Å². The van der Waals surface area contributed by atoms with Crippen molar-refractivity contribution in [3.8, 4) is 0 Å². The van der Waals surface area contributed by atoms with Gasteiger partial charge in [-0.3, -0.25) is 9.59 Å². The topological polar surface area (TPSA) is 100 Å². The second kappa shape index (κ2) is 9.44. The Hall–Kier alpha value is -2.05. The number of aryl methyl sites for hydroxylation is 1. The predicted octanol–water partition coefficient (Wildman–Crippen LogP) is 1.66. The van der Waals surface area contributed by atoms with Crippen LogP contribution >= 0.6 is 12.4 Å². The molecule has 2 amide bonds. The quantitative estimate of drug-likeness (QED) is 0.599. The number of halogens is 1. The number of aromatic nitrogens is 1. The van der Waals surface area contributed by atoms with Gasteiger partial charge in [0.15, 0.2) is 0 Å². The Balaban J connectivity index is 0.00000312. The molecule has 1 atom stereocenters. The Labute approximate surface area is 154 Å². The van der Waals surface area contributed by atoms with Crippen molar-refractivity contribution < 1.29 is 9.59 Å². The molecule has 5 N–H and O–H groups in total. The molecule has 0 aliphatic carbocycles. The van der Waals surface area contributed by atoms with Gasteiger partial charge in [-0.05, 0) is 36.5 Å². The number of amides is 2. The van der Waals surface area contributed by atoms with E-state index < -0.39 is 6.04 Å². The third kappa shape index (κ3) is 5.47. The zero-order valence-electron chi connectivity index (χ0n) is 14.9. The molecule has 0 radical (unpaired) electrons. The van der Waals surface area contributed by atoms with Crippen LogP contribution in [0, 0.1) is 12.8 Å². The maximum absolute atomic E-state index is 11.8. The maximum Gasteiger partial charge on any atom is 0.239 e. The number of rotatable bonds is 7. The van der Waals surface area contributed by atoms with Crippen molar-refractivity contribution >= 4 is 35.1 Å². The first kappa shape index (κ1) is 21.0. The normalized spacial score (nSPS) is 11.9. The Bertz CT molecular complexity index is 727. The molecule has 0 saturated heterocycles. The molecule has 7 heteroatoms. The molecule has 0 bridgehead atoms. The van der Waals surface area contributed by atoms with E-state index in [1.165, 1.54) is 16.5 Å². The number of carbonyl (C=O) groups excluding carboxylic acids is 2. The number of hydrogen-bond acceptors (Lipinski definition) is 3. The van der Waals surface area contributed by atoms with E-state index in [-0.39, 0.29) is 36.7 Å². The summed E-state index contributed by atoms with van der Waals surface area (Å²) in [4.78, 5) is 26.8. The highest BCUT2D eigenvalue weighted by atomic mass is 35.5. The second-order valence-corrected chi connectivity index (χ2v) is 6.40. The van der Waals surface area contributed by atoms with Crippen LogP contribution in [0.25, 0.3) is 10.9 Å². The Kier molecular flexibility index (Phi) is 7.93. The first-order chi connectivity index (χ1) is 11.4. The minimum atomic E-state index is -0.591. The van der Waals surface area contributed by atoms with Crippen LogP contribution in [-0.4, -0.2) is 35.9 Å². The molecule has 0 spiro atoms. The predicted molar refractivity (Wildman–Crippen MR) is 103 cm³/mol. The standard InChI is InChI=1S/C18H26N4O2.ClH/c1-11(2)17(19)18(24)22-10-15(23)20-8-7-13-9-21-14-6-4-5-12(3)16(13)14;/h4-6,9,11,17,21H,7-8,10,19H2,1-3H3,(H,20,23)(H,22,24);1H/t17-;/m0./s1. The number of aromatic amines is 1. The second-order valence-electron chi connectivity index (χ2n) is 6.40. The van der Waals surface area contributed by atoms with Gasteiger partial charge in [-0.2, -0.15) is 0 Å². The van der Waals surface area contributed by atoms with Crippen molar-refractivity contribution in [1.29, 1.82) is 0 Å². The molecular weight excluding hydrogens is 340 g/mol. The van der Waals surface area contributed by atoms with Crippen LogP contribution in [-0.2, 0) is 16.0 Å². The van der Waals surface area contributed by atoms with Gasteiger partial charge >= 0.3 is 0 Å². The molecule has 2 aromatic rings. The van der Waals surface area contributed by atoms with Crippen molar-refractivity contribution in [3.05, 3.63) is 35.5 Å². The van der Waals surface area contributed by atoms with E-state index in [0.29, 0.717) is 6.54 Å². The number of nitrogens with one attached hydrogen (secondary N) is 3. The molecule has 2 rings (SSSR count). The minimum absolute atomic E-state index is 0. The van der Waals surface area contributed by atoms with E-state index in [1.807, 2.05) is 32.2 Å². The molecule has 0 unspecified atom stereocenters. The number of carbonyl (C=O) groups is 2. The van der Waals surface area contributed by atoms with E-state index in [1.54, 1.807) is 0 Å². The molecule has 1 aromatic carbocycles. The van der Waals surface area contributed by atoms with Crippen molar-refractivity contribution in [2.24, 2.45) is 11.7 Å². The Morgan fingerprint density at radius 3 is 2.64 bits per heavy atom. The van der Waals surface area contributed by atoms with E-state index in [0.717, 1.165) is 11.9 Å². The average molecular weight is 367 g/mol. The van der Waals surface area contributed by atoms with Crippen LogP contribution in [0.3, 0.4) is 0 Å². The van der Waals surface area contributed by atoms with Gasteiger partial charge in [0.05, 0.1) is 12.6 Å². The Morgan fingerprint density at radius 1 is 1.24 bits per heavy atom.